The van der Waals surface area contributed by atoms with Crippen LogP contribution in [-0.4, -0.2) is 29.7 Å². The average molecular weight is 194 g/mol. The summed E-state index contributed by atoms with van der Waals surface area (Å²) >= 11 is 3.39. The molecule has 0 aliphatic rings. The first-order valence-corrected chi connectivity index (χ1v) is 3.88. The molecule has 0 aromatic carbocycles. The number of carbonyl (C=O) groups excluding carboxylic acids is 1. The van der Waals surface area contributed by atoms with E-state index in [1.54, 1.807) is 11.9 Å². The molecule has 0 aliphatic carbocycles. The Morgan fingerprint density at radius 3 is 2.67 bits per heavy atom. The third-order valence-corrected chi connectivity index (χ3v) is 1.52. The third-order valence-electron chi connectivity index (χ3n) is 1.06. The standard InChI is InChI=1S/C6H12BrNO/c1-6(7)3-4-8(2)5-9/h5-6H,3-4H2,1-2H3. The summed E-state index contributed by atoms with van der Waals surface area (Å²) in [5, 5.41) is 0. The Bertz CT molecular complexity index is 85.1. The van der Waals surface area contributed by atoms with Crippen LogP contribution < -0.4 is 0 Å². The van der Waals surface area contributed by atoms with Gasteiger partial charge in [0.15, 0.2) is 0 Å². The van der Waals surface area contributed by atoms with E-state index in [0.717, 1.165) is 19.4 Å². The summed E-state index contributed by atoms with van der Waals surface area (Å²) in [6, 6.07) is 0. The minimum atomic E-state index is 0.500. The molecule has 1 amide bonds. The van der Waals surface area contributed by atoms with Gasteiger partial charge in [-0.1, -0.05) is 22.9 Å². The molecular formula is C6H12BrNO. The maximum atomic E-state index is 10.0. The van der Waals surface area contributed by atoms with Crippen molar-refractivity contribution in [3.8, 4) is 0 Å². The molecule has 0 aromatic rings. The summed E-state index contributed by atoms with van der Waals surface area (Å²) in [6.07, 6.45) is 1.85. The second-order valence-electron chi connectivity index (χ2n) is 2.16. The Kier molecular flexibility index (Phi) is 4.77. The third kappa shape index (κ3) is 5.83. The van der Waals surface area contributed by atoms with Crippen LogP contribution in [0.2, 0.25) is 0 Å². The molecule has 0 spiro atoms. The van der Waals surface area contributed by atoms with E-state index >= 15 is 0 Å². The van der Waals surface area contributed by atoms with E-state index in [1.807, 2.05) is 0 Å². The molecule has 0 saturated carbocycles. The predicted octanol–water partition coefficient (Wildman–Crippen LogP) is 1.25. The highest BCUT2D eigenvalue weighted by Crippen LogP contribution is 2.02. The summed E-state index contributed by atoms with van der Waals surface area (Å²) in [5.41, 5.74) is 0. The number of rotatable bonds is 4. The van der Waals surface area contributed by atoms with Crippen molar-refractivity contribution in [2.75, 3.05) is 13.6 Å². The van der Waals surface area contributed by atoms with Crippen molar-refractivity contribution in [3.05, 3.63) is 0 Å². The summed E-state index contributed by atoms with van der Waals surface area (Å²) < 4.78 is 0. The Morgan fingerprint density at radius 2 is 2.33 bits per heavy atom. The molecule has 0 saturated heterocycles. The number of carbonyl (C=O) groups is 1. The van der Waals surface area contributed by atoms with E-state index in [1.165, 1.54) is 0 Å². The van der Waals surface area contributed by atoms with Crippen molar-refractivity contribution < 1.29 is 4.79 Å². The number of nitrogens with zero attached hydrogens (tertiary/aromatic N) is 1. The van der Waals surface area contributed by atoms with Crippen LogP contribution in [0.5, 0.6) is 0 Å². The van der Waals surface area contributed by atoms with Gasteiger partial charge in [-0.05, 0) is 6.42 Å². The van der Waals surface area contributed by atoms with Crippen LogP contribution in [-0.2, 0) is 4.79 Å². The topological polar surface area (TPSA) is 20.3 Å². The highest BCUT2D eigenvalue weighted by molar-refractivity contribution is 9.09. The molecule has 0 N–H and O–H groups in total. The van der Waals surface area contributed by atoms with Crippen molar-refractivity contribution >= 4 is 22.3 Å². The number of amides is 1. The van der Waals surface area contributed by atoms with E-state index in [0.29, 0.717) is 4.83 Å². The minimum Gasteiger partial charge on any atom is -0.348 e. The molecular weight excluding hydrogens is 182 g/mol. The van der Waals surface area contributed by atoms with Crippen molar-refractivity contribution in [3.63, 3.8) is 0 Å². The molecule has 0 bridgehead atoms. The first kappa shape index (κ1) is 8.95. The van der Waals surface area contributed by atoms with Gasteiger partial charge in [-0.2, -0.15) is 0 Å². The maximum absolute atomic E-state index is 10.0. The lowest BCUT2D eigenvalue weighted by atomic mass is 10.3. The van der Waals surface area contributed by atoms with Crippen molar-refractivity contribution in [1.82, 2.24) is 4.90 Å². The van der Waals surface area contributed by atoms with Crippen LogP contribution in [0.4, 0.5) is 0 Å². The van der Waals surface area contributed by atoms with E-state index in [4.69, 9.17) is 0 Å². The minimum absolute atomic E-state index is 0.500. The van der Waals surface area contributed by atoms with Gasteiger partial charge < -0.3 is 4.90 Å². The van der Waals surface area contributed by atoms with Gasteiger partial charge in [0.25, 0.3) is 0 Å². The first-order valence-electron chi connectivity index (χ1n) is 2.96. The quantitative estimate of drug-likeness (QED) is 0.487. The van der Waals surface area contributed by atoms with E-state index in [-0.39, 0.29) is 0 Å². The summed E-state index contributed by atoms with van der Waals surface area (Å²) in [7, 11) is 1.78. The van der Waals surface area contributed by atoms with Gasteiger partial charge in [-0.3, -0.25) is 4.79 Å². The molecule has 3 heteroatoms. The maximum Gasteiger partial charge on any atom is 0.209 e. The normalized spacial score (nSPS) is 12.8. The number of hydrogen-bond donors (Lipinski definition) is 0. The summed E-state index contributed by atoms with van der Waals surface area (Å²) in [6.45, 7) is 2.90. The van der Waals surface area contributed by atoms with Crippen LogP contribution in [0.15, 0.2) is 0 Å². The molecule has 0 aromatic heterocycles. The SMILES string of the molecule is CC(Br)CCN(C)C=O. The lowest BCUT2D eigenvalue weighted by Crippen LogP contribution is -2.18. The zero-order chi connectivity index (χ0) is 7.28. The molecule has 9 heavy (non-hydrogen) atoms. The van der Waals surface area contributed by atoms with Gasteiger partial charge in [0, 0.05) is 18.4 Å². The van der Waals surface area contributed by atoms with Gasteiger partial charge in [0.05, 0.1) is 0 Å². The number of alkyl halides is 1. The molecule has 1 unspecified atom stereocenters. The molecule has 0 fully saturated rings. The summed E-state index contributed by atoms with van der Waals surface area (Å²) in [5.74, 6) is 0. The smallest absolute Gasteiger partial charge is 0.209 e. The molecule has 0 radical (unpaired) electrons. The van der Waals surface area contributed by atoms with Gasteiger partial charge in [-0.15, -0.1) is 0 Å². The van der Waals surface area contributed by atoms with Gasteiger partial charge in [0.1, 0.15) is 0 Å². The van der Waals surface area contributed by atoms with Crippen molar-refractivity contribution in [1.29, 1.82) is 0 Å². The van der Waals surface area contributed by atoms with Crippen molar-refractivity contribution in [2.45, 2.75) is 18.2 Å². The largest absolute Gasteiger partial charge is 0.348 e. The molecule has 0 heterocycles. The Hall–Kier alpha value is -0.0500. The van der Waals surface area contributed by atoms with Crippen LogP contribution >= 0.6 is 15.9 Å². The fraction of sp³-hybridized carbons (Fsp3) is 0.833. The number of hydrogen-bond acceptors (Lipinski definition) is 1. The second kappa shape index (κ2) is 4.79. The Morgan fingerprint density at radius 1 is 1.78 bits per heavy atom. The van der Waals surface area contributed by atoms with Crippen LogP contribution in [0.25, 0.3) is 0 Å². The van der Waals surface area contributed by atoms with E-state index < -0.39 is 0 Å². The van der Waals surface area contributed by atoms with Gasteiger partial charge in [-0.25, -0.2) is 0 Å². The molecule has 0 aliphatic heterocycles. The lowest BCUT2D eigenvalue weighted by Gasteiger charge is -2.10. The highest BCUT2D eigenvalue weighted by atomic mass is 79.9. The van der Waals surface area contributed by atoms with E-state index in [9.17, 15) is 4.79 Å². The second-order valence-corrected chi connectivity index (χ2v) is 3.72. The zero-order valence-corrected chi connectivity index (χ0v) is 7.39. The predicted molar refractivity (Wildman–Crippen MR) is 41.7 cm³/mol. The molecule has 0 rings (SSSR count). The van der Waals surface area contributed by atoms with Gasteiger partial charge in [0.2, 0.25) is 6.41 Å². The molecule has 1 atom stereocenters. The average Bonchev–Trinajstić information content (AvgIpc) is 1.83. The van der Waals surface area contributed by atoms with Gasteiger partial charge >= 0.3 is 0 Å². The number of halogens is 1. The fourth-order valence-corrected chi connectivity index (χ4v) is 0.639. The summed E-state index contributed by atoms with van der Waals surface area (Å²) in [4.78, 5) is 12.2. The molecule has 2 nitrogen and oxygen atoms in total. The first-order chi connectivity index (χ1) is 4.16. The van der Waals surface area contributed by atoms with Crippen LogP contribution in [0, 0.1) is 0 Å². The zero-order valence-electron chi connectivity index (χ0n) is 5.80. The van der Waals surface area contributed by atoms with E-state index in [2.05, 4.69) is 22.9 Å². The molecule has 54 valence electrons. The fourth-order valence-electron chi connectivity index (χ4n) is 0.434. The van der Waals surface area contributed by atoms with Crippen molar-refractivity contribution in [2.24, 2.45) is 0 Å². The Balaban J connectivity index is 3.16. The van der Waals surface area contributed by atoms with Crippen LogP contribution in [0.1, 0.15) is 13.3 Å². The lowest BCUT2D eigenvalue weighted by molar-refractivity contribution is -0.117. The Labute approximate surface area is 64.4 Å². The monoisotopic (exact) mass is 193 g/mol. The van der Waals surface area contributed by atoms with Crippen LogP contribution in [0.3, 0.4) is 0 Å². The highest BCUT2D eigenvalue weighted by Gasteiger charge is 1.96.